The van der Waals surface area contributed by atoms with Gasteiger partial charge in [0.25, 0.3) is 5.91 Å². The zero-order valence-corrected chi connectivity index (χ0v) is 11.4. The highest BCUT2D eigenvalue weighted by molar-refractivity contribution is 6.30. The molecule has 0 unspecified atom stereocenters. The third-order valence-electron chi connectivity index (χ3n) is 3.31. The monoisotopic (exact) mass is 283 g/mol. The summed E-state index contributed by atoms with van der Waals surface area (Å²) in [6.45, 7) is 0.223. The Balaban J connectivity index is 1.73. The van der Waals surface area contributed by atoms with Crippen LogP contribution >= 0.6 is 11.6 Å². The molecule has 1 amide bonds. The largest absolute Gasteiger partial charge is 0.484 e. The third kappa shape index (κ3) is 4.40. The molecular formula is C14H18ClNO3. The van der Waals surface area contributed by atoms with Crippen LogP contribution in [0.3, 0.4) is 0 Å². The Kier molecular flexibility index (Phi) is 4.66. The summed E-state index contributed by atoms with van der Waals surface area (Å²) in [7, 11) is 0. The molecule has 0 aliphatic heterocycles. The van der Waals surface area contributed by atoms with Crippen LogP contribution in [0.25, 0.3) is 0 Å². The maximum atomic E-state index is 11.6. The van der Waals surface area contributed by atoms with Gasteiger partial charge in [0.1, 0.15) is 5.75 Å². The van der Waals surface area contributed by atoms with Gasteiger partial charge in [-0.05, 0) is 31.0 Å². The molecule has 1 aliphatic rings. The second kappa shape index (κ2) is 6.26. The second-order valence-electron chi connectivity index (χ2n) is 4.95. The second-order valence-corrected chi connectivity index (χ2v) is 5.39. The summed E-state index contributed by atoms with van der Waals surface area (Å²) in [6.07, 6.45) is 3.54. The van der Waals surface area contributed by atoms with Gasteiger partial charge in [-0.3, -0.25) is 4.79 Å². The first-order valence-corrected chi connectivity index (χ1v) is 6.83. The van der Waals surface area contributed by atoms with Crippen LogP contribution in [-0.4, -0.2) is 29.8 Å². The van der Waals surface area contributed by atoms with Gasteiger partial charge in [-0.1, -0.05) is 30.5 Å². The number of rotatable bonds is 5. The lowest BCUT2D eigenvalue weighted by Gasteiger charge is -2.22. The van der Waals surface area contributed by atoms with E-state index in [0.29, 0.717) is 17.3 Å². The van der Waals surface area contributed by atoms with Crippen molar-refractivity contribution < 1.29 is 14.6 Å². The van der Waals surface area contributed by atoms with E-state index >= 15 is 0 Å². The lowest BCUT2D eigenvalue weighted by atomic mass is 10.0. The third-order valence-corrected chi connectivity index (χ3v) is 3.55. The maximum Gasteiger partial charge on any atom is 0.258 e. The van der Waals surface area contributed by atoms with Gasteiger partial charge in [-0.2, -0.15) is 0 Å². The van der Waals surface area contributed by atoms with E-state index in [9.17, 15) is 9.90 Å². The Morgan fingerprint density at radius 1 is 1.42 bits per heavy atom. The lowest BCUT2D eigenvalue weighted by Crippen LogP contribution is -2.42. The van der Waals surface area contributed by atoms with E-state index in [4.69, 9.17) is 16.3 Å². The van der Waals surface area contributed by atoms with Gasteiger partial charge in [0.2, 0.25) is 0 Å². The highest BCUT2D eigenvalue weighted by atomic mass is 35.5. The lowest BCUT2D eigenvalue weighted by molar-refractivity contribution is -0.124. The average molecular weight is 284 g/mol. The number of nitrogens with one attached hydrogen (secondary N) is 1. The molecule has 0 heterocycles. The predicted molar refractivity (Wildman–Crippen MR) is 73.4 cm³/mol. The van der Waals surface area contributed by atoms with Crippen molar-refractivity contribution in [1.29, 1.82) is 0 Å². The van der Waals surface area contributed by atoms with Crippen molar-refractivity contribution in [3.05, 3.63) is 29.3 Å². The zero-order valence-electron chi connectivity index (χ0n) is 10.7. The number of hydrogen-bond acceptors (Lipinski definition) is 3. The Bertz CT molecular complexity index is 444. The number of hydrogen-bond donors (Lipinski definition) is 2. The van der Waals surface area contributed by atoms with E-state index in [1.165, 1.54) is 0 Å². The van der Waals surface area contributed by atoms with Crippen molar-refractivity contribution in [3.63, 3.8) is 0 Å². The Labute approximate surface area is 117 Å². The fourth-order valence-corrected chi connectivity index (χ4v) is 2.41. The Hall–Kier alpha value is -1.26. The standard InChI is InChI=1S/C14H18ClNO3/c15-11-4-3-5-12(8-11)19-9-13(17)16-10-14(18)6-1-2-7-14/h3-5,8,18H,1-2,6-7,9-10H2,(H,16,17). The Morgan fingerprint density at radius 3 is 2.84 bits per heavy atom. The number of amides is 1. The first kappa shape index (κ1) is 14.2. The molecule has 5 heteroatoms. The fraction of sp³-hybridized carbons (Fsp3) is 0.500. The number of carbonyl (C=O) groups is 1. The molecule has 1 aromatic carbocycles. The molecule has 0 radical (unpaired) electrons. The highest BCUT2D eigenvalue weighted by Crippen LogP contribution is 2.28. The van der Waals surface area contributed by atoms with Gasteiger partial charge in [0.15, 0.2) is 6.61 Å². The number of carbonyl (C=O) groups excluding carboxylic acids is 1. The topological polar surface area (TPSA) is 58.6 Å². The molecule has 0 aromatic heterocycles. The van der Waals surface area contributed by atoms with Crippen LogP contribution in [0.5, 0.6) is 5.75 Å². The normalized spacial score (nSPS) is 17.2. The molecule has 0 atom stereocenters. The predicted octanol–water partition coefficient (Wildman–Crippen LogP) is 2.14. The van der Waals surface area contributed by atoms with Crippen LogP contribution in [0.1, 0.15) is 25.7 Å². The summed E-state index contributed by atoms with van der Waals surface area (Å²) in [5, 5.41) is 13.4. The molecule has 1 fully saturated rings. The van der Waals surface area contributed by atoms with Crippen molar-refractivity contribution in [2.75, 3.05) is 13.2 Å². The number of halogens is 1. The van der Waals surface area contributed by atoms with Gasteiger partial charge in [0, 0.05) is 11.6 Å². The molecule has 1 aromatic rings. The first-order valence-electron chi connectivity index (χ1n) is 6.45. The molecule has 4 nitrogen and oxygen atoms in total. The smallest absolute Gasteiger partial charge is 0.258 e. The molecule has 1 aliphatic carbocycles. The minimum atomic E-state index is -0.730. The summed E-state index contributed by atoms with van der Waals surface area (Å²) < 4.78 is 5.32. The fourth-order valence-electron chi connectivity index (χ4n) is 2.23. The van der Waals surface area contributed by atoms with Gasteiger partial charge < -0.3 is 15.2 Å². The van der Waals surface area contributed by atoms with Crippen LogP contribution in [0.4, 0.5) is 0 Å². The quantitative estimate of drug-likeness (QED) is 0.870. The van der Waals surface area contributed by atoms with Crippen molar-refractivity contribution in [2.45, 2.75) is 31.3 Å². The first-order chi connectivity index (χ1) is 9.07. The Morgan fingerprint density at radius 2 is 2.16 bits per heavy atom. The SMILES string of the molecule is O=C(COc1cccc(Cl)c1)NCC1(O)CCCC1. The van der Waals surface area contributed by atoms with Crippen molar-refractivity contribution >= 4 is 17.5 Å². The van der Waals surface area contributed by atoms with Crippen LogP contribution in [0.15, 0.2) is 24.3 Å². The molecule has 104 valence electrons. The van der Waals surface area contributed by atoms with Gasteiger partial charge in [0.05, 0.1) is 5.60 Å². The molecule has 19 heavy (non-hydrogen) atoms. The van der Waals surface area contributed by atoms with Gasteiger partial charge >= 0.3 is 0 Å². The highest BCUT2D eigenvalue weighted by Gasteiger charge is 2.31. The summed E-state index contributed by atoms with van der Waals surface area (Å²) in [4.78, 5) is 11.6. The van der Waals surface area contributed by atoms with Gasteiger partial charge in [-0.15, -0.1) is 0 Å². The minimum Gasteiger partial charge on any atom is -0.484 e. The van der Waals surface area contributed by atoms with E-state index in [-0.39, 0.29) is 12.5 Å². The van der Waals surface area contributed by atoms with E-state index in [1.54, 1.807) is 24.3 Å². The average Bonchev–Trinajstić information content (AvgIpc) is 2.82. The van der Waals surface area contributed by atoms with Crippen molar-refractivity contribution in [1.82, 2.24) is 5.32 Å². The molecular weight excluding hydrogens is 266 g/mol. The van der Waals surface area contributed by atoms with Crippen LogP contribution in [-0.2, 0) is 4.79 Å². The van der Waals surface area contributed by atoms with Crippen LogP contribution in [0.2, 0.25) is 5.02 Å². The van der Waals surface area contributed by atoms with Gasteiger partial charge in [-0.25, -0.2) is 0 Å². The molecule has 1 saturated carbocycles. The van der Waals surface area contributed by atoms with E-state index in [2.05, 4.69) is 5.32 Å². The molecule has 0 spiro atoms. The van der Waals surface area contributed by atoms with E-state index in [1.807, 2.05) is 0 Å². The summed E-state index contributed by atoms with van der Waals surface area (Å²) >= 11 is 5.81. The number of benzene rings is 1. The number of aliphatic hydroxyl groups is 1. The van der Waals surface area contributed by atoms with E-state index in [0.717, 1.165) is 25.7 Å². The summed E-state index contributed by atoms with van der Waals surface area (Å²) in [5.74, 6) is 0.322. The maximum absolute atomic E-state index is 11.6. The molecule has 0 saturated heterocycles. The minimum absolute atomic E-state index is 0.0730. The van der Waals surface area contributed by atoms with E-state index < -0.39 is 5.60 Å². The van der Waals surface area contributed by atoms with Crippen LogP contribution in [0, 0.1) is 0 Å². The summed E-state index contributed by atoms with van der Waals surface area (Å²) in [6, 6.07) is 6.89. The van der Waals surface area contributed by atoms with Crippen LogP contribution < -0.4 is 10.1 Å². The van der Waals surface area contributed by atoms with Crippen molar-refractivity contribution in [2.24, 2.45) is 0 Å². The molecule has 0 bridgehead atoms. The summed E-state index contributed by atoms with van der Waals surface area (Å²) in [5.41, 5.74) is -0.730. The van der Waals surface area contributed by atoms with Crippen molar-refractivity contribution in [3.8, 4) is 5.75 Å². The molecule has 2 N–H and O–H groups in total. The molecule has 2 rings (SSSR count). The zero-order chi connectivity index (χ0) is 13.7. The number of ether oxygens (including phenoxy) is 1.